The third-order valence-electron chi connectivity index (χ3n) is 3.30. The van der Waals surface area contributed by atoms with Gasteiger partial charge < -0.3 is 9.64 Å². The highest BCUT2D eigenvalue weighted by Crippen LogP contribution is 2.26. The van der Waals surface area contributed by atoms with Crippen LogP contribution in [0.1, 0.15) is 32.1 Å². The van der Waals surface area contributed by atoms with Crippen LogP contribution in [0.2, 0.25) is 0 Å². The summed E-state index contributed by atoms with van der Waals surface area (Å²) in [7, 11) is 0. The van der Waals surface area contributed by atoms with Crippen LogP contribution in [0.4, 0.5) is 0 Å². The standard InChI is InChI=1S/C12H19NO2/c1-2-12(14)13-8-4-7-11(9-13)15-10-5-3-6-10/h2,10-11H,1,3-9H2. The van der Waals surface area contributed by atoms with Gasteiger partial charge in [-0.3, -0.25) is 4.79 Å². The number of amides is 1. The maximum absolute atomic E-state index is 11.4. The van der Waals surface area contributed by atoms with Gasteiger partial charge in [-0.05, 0) is 38.2 Å². The fourth-order valence-electron chi connectivity index (χ4n) is 2.16. The average molecular weight is 209 g/mol. The Kier molecular flexibility index (Phi) is 3.41. The molecule has 1 unspecified atom stereocenters. The molecular weight excluding hydrogens is 190 g/mol. The van der Waals surface area contributed by atoms with Gasteiger partial charge in [-0.25, -0.2) is 0 Å². The molecule has 0 aromatic heterocycles. The normalized spacial score (nSPS) is 27.2. The predicted octanol–water partition coefficient (Wildman–Crippen LogP) is 1.73. The van der Waals surface area contributed by atoms with Gasteiger partial charge in [0, 0.05) is 13.1 Å². The van der Waals surface area contributed by atoms with E-state index in [1.165, 1.54) is 25.3 Å². The minimum atomic E-state index is 0.0388. The molecule has 1 aliphatic heterocycles. The molecule has 3 heteroatoms. The smallest absolute Gasteiger partial charge is 0.246 e. The highest BCUT2D eigenvalue weighted by molar-refractivity contribution is 5.87. The van der Waals surface area contributed by atoms with Crippen molar-refractivity contribution in [3.05, 3.63) is 12.7 Å². The number of ether oxygens (including phenoxy) is 1. The van der Waals surface area contributed by atoms with E-state index >= 15 is 0 Å². The van der Waals surface area contributed by atoms with Crippen molar-refractivity contribution in [2.75, 3.05) is 13.1 Å². The second-order valence-corrected chi connectivity index (χ2v) is 4.44. The molecule has 2 aliphatic rings. The van der Waals surface area contributed by atoms with Gasteiger partial charge in [-0.1, -0.05) is 6.58 Å². The number of nitrogens with zero attached hydrogens (tertiary/aromatic N) is 1. The van der Waals surface area contributed by atoms with E-state index in [4.69, 9.17) is 4.74 Å². The zero-order valence-electron chi connectivity index (χ0n) is 9.15. The molecule has 0 N–H and O–H groups in total. The Morgan fingerprint density at radius 1 is 1.27 bits per heavy atom. The first-order valence-corrected chi connectivity index (χ1v) is 5.86. The quantitative estimate of drug-likeness (QED) is 0.662. The van der Waals surface area contributed by atoms with Gasteiger partial charge in [0.2, 0.25) is 5.91 Å². The van der Waals surface area contributed by atoms with E-state index in [1.807, 2.05) is 4.90 Å². The minimum Gasteiger partial charge on any atom is -0.373 e. The Bertz CT molecular complexity index is 248. The minimum absolute atomic E-state index is 0.0388. The van der Waals surface area contributed by atoms with Crippen molar-refractivity contribution < 1.29 is 9.53 Å². The van der Waals surface area contributed by atoms with Crippen LogP contribution >= 0.6 is 0 Å². The summed E-state index contributed by atoms with van der Waals surface area (Å²) in [6.07, 6.45) is 7.96. The molecular formula is C12H19NO2. The van der Waals surface area contributed by atoms with Crippen molar-refractivity contribution in [1.82, 2.24) is 4.90 Å². The van der Waals surface area contributed by atoms with E-state index in [0.717, 1.165) is 25.9 Å². The third-order valence-corrected chi connectivity index (χ3v) is 3.30. The first-order valence-electron chi connectivity index (χ1n) is 5.86. The molecule has 2 rings (SSSR count). The fourth-order valence-corrected chi connectivity index (χ4v) is 2.16. The van der Waals surface area contributed by atoms with Gasteiger partial charge in [0.05, 0.1) is 12.2 Å². The van der Waals surface area contributed by atoms with Gasteiger partial charge in [0.15, 0.2) is 0 Å². The van der Waals surface area contributed by atoms with E-state index < -0.39 is 0 Å². The molecule has 2 fully saturated rings. The molecule has 1 heterocycles. The SMILES string of the molecule is C=CC(=O)N1CCCC(OC2CCC2)C1. The van der Waals surface area contributed by atoms with Crippen LogP contribution in [-0.2, 0) is 9.53 Å². The van der Waals surface area contributed by atoms with Crippen LogP contribution in [0.3, 0.4) is 0 Å². The summed E-state index contributed by atoms with van der Waals surface area (Å²) >= 11 is 0. The lowest BCUT2D eigenvalue weighted by molar-refractivity contribution is -0.133. The van der Waals surface area contributed by atoms with E-state index in [0.29, 0.717) is 6.10 Å². The molecule has 0 aromatic rings. The van der Waals surface area contributed by atoms with Crippen molar-refractivity contribution in [3.8, 4) is 0 Å². The van der Waals surface area contributed by atoms with E-state index in [1.54, 1.807) is 0 Å². The van der Waals surface area contributed by atoms with E-state index in [-0.39, 0.29) is 12.0 Å². The number of hydrogen-bond donors (Lipinski definition) is 0. The lowest BCUT2D eigenvalue weighted by Gasteiger charge is -2.36. The Hall–Kier alpha value is -0.830. The van der Waals surface area contributed by atoms with Crippen LogP contribution in [0, 0.1) is 0 Å². The molecule has 84 valence electrons. The highest BCUT2D eigenvalue weighted by Gasteiger charge is 2.27. The molecule has 0 radical (unpaired) electrons. The summed E-state index contributed by atoms with van der Waals surface area (Å²) in [6, 6.07) is 0. The Labute approximate surface area is 91.1 Å². The van der Waals surface area contributed by atoms with Crippen LogP contribution in [-0.4, -0.2) is 36.1 Å². The molecule has 0 aromatic carbocycles. The van der Waals surface area contributed by atoms with E-state index in [2.05, 4.69) is 6.58 Å². The third kappa shape index (κ3) is 2.59. The van der Waals surface area contributed by atoms with Crippen molar-refractivity contribution in [1.29, 1.82) is 0 Å². The molecule has 0 spiro atoms. The van der Waals surface area contributed by atoms with Gasteiger partial charge in [0.1, 0.15) is 0 Å². The maximum atomic E-state index is 11.4. The lowest BCUT2D eigenvalue weighted by Crippen LogP contribution is -2.44. The first-order chi connectivity index (χ1) is 7.29. The molecule has 15 heavy (non-hydrogen) atoms. The summed E-state index contributed by atoms with van der Waals surface area (Å²) in [5.74, 6) is 0.0388. The molecule has 3 nitrogen and oxygen atoms in total. The van der Waals surface area contributed by atoms with Crippen LogP contribution < -0.4 is 0 Å². The number of likely N-dealkylation sites (tertiary alicyclic amines) is 1. The summed E-state index contributed by atoms with van der Waals surface area (Å²) in [5, 5.41) is 0. The largest absolute Gasteiger partial charge is 0.373 e. The van der Waals surface area contributed by atoms with Crippen LogP contribution in [0.25, 0.3) is 0 Å². The number of piperidine rings is 1. The van der Waals surface area contributed by atoms with Crippen molar-refractivity contribution in [2.24, 2.45) is 0 Å². The maximum Gasteiger partial charge on any atom is 0.246 e. The van der Waals surface area contributed by atoms with Crippen molar-refractivity contribution in [2.45, 2.75) is 44.3 Å². The Morgan fingerprint density at radius 3 is 2.60 bits per heavy atom. The van der Waals surface area contributed by atoms with Gasteiger partial charge >= 0.3 is 0 Å². The Morgan fingerprint density at radius 2 is 2.00 bits per heavy atom. The average Bonchev–Trinajstić information content (AvgIpc) is 2.23. The summed E-state index contributed by atoms with van der Waals surface area (Å²) < 4.78 is 5.92. The topological polar surface area (TPSA) is 29.5 Å². The zero-order valence-corrected chi connectivity index (χ0v) is 9.15. The number of rotatable bonds is 3. The Balaban J connectivity index is 1.80. The molecule has 1 aliphatic carbocycles. The highest BCUT2D eigenvalue weighted by atomic mass is 16.5. The lowest BCUT2D eigenvalue weighted by atomic mass is 9.95. The fraction of sp³-hybridized carbons (Fsp3) is 0.750. The van der Waals surface area contributed by atoms with E-state index in [9.17, 15) is 4.79 Å². The van der Waals surface area contributed by atoms with Gasteiger partial charge in [-0.15, -0.1) is 0 Å². The summed E-state index contributed by atoms with van der Waals surface area (Å²) in [4.78, 5) is 13.3. The monoisotopic (exact) mass is 209 g/mol. The second kappa shape index (κ2) is 4.79. The molecule has 1 atom stereocenters. The zero-order chi connectivity index (χ0) is 10.7. The molecule has 1 amide bonds. The molecule has 1 saturated carbocycles. The number of carbonyl (C=O) groups is 1. The summed E-state index contributed by atoms with van der Waals surface area (Å²) in [6.45, 7) is 5.12. The summed E-state index contributed by atoms with van der Waals surface area (Å²) in [5.41, 5.74) is 0. The van der Waals surface area contributed by atoms with Crippen molar-refractivity contribution in [3.63, 3.8) is 0 Å². The van der Waals surface area contributed by atoms with Crippen molar-refractivity contribution >= 4 is 5.91 Å². The molecule has 1 saturated heterocycles. The first kappa shape index (κ1) is 10.7. The van der Waals surface area contributed by atoms with Crippen LogP contribution in [0.5, 0.6) is 0 Å². The predicted molar refractivity (Wildman–Crippen MR) is 58.5 cm³/mol. The molecule has 0 bridgehead atoms. The second-order valence-electron chi connectivity index (χ2n) is 4.44. The van der Waals surface area contributed by atoms with Crippen LogP contribution in [0.15, 0.2) is 12.7 Å². The number of hydrogen-bond acceptors (Lipinski definition) is 2. The van der Waals surface area contributed by atoms with Gasteiger partial charge in [-0.2, -0.15) is 0 Å². The number of carbonyl (C=O) groups excluding carboxylic acids is 1. The van der Waals surface area contributed by atoms with Gasteiger partial charge in [0.25, 0.3) is 0 Å².